The van der Waals surface area contributed by atoms with Crippen LogP contribution in [-0.4, -0.2) is 11.1 Å². The van der Waals surface area contributed by atoms with Gasteiger partial charge in [0.15, 0.2) is 0 Å². The lowest BCUT2D eigenvalue weighted by Gasteiger charge is -1.95. The molecule has 0 aliphatic rings. The predicted molar refractivity (Wildman–Crippen MR) is 60.7 cm³/mol. The highest BCUT2D eigenvalue weighted by Crippen LogP contribution is 2.02. The lowest BCUT2D eigenvalue weighted by Crippen LogP contribution is -1.84. The Morgan fingerprint density at radius 3 is 2.60 bits per heavy atom. The van der Waals surface area contributed by atoms with Crippen LogP contribution in [0.2, 0.25) is 0 Å². The molecule has 78 valence electrons. The number of aryl methyl sites for hydroxylation is 1. The fourth-order valence-electron chi connectivity index (χ4n) is 1.21. The summed E-state index contributed by atoms with van der Waals surface area (Å²) >= 11 is 0. The van der Waals surface area contributed by atoms with Crippen molar-refractivity contribution in [3.05, 3.63) is 60.2 Å². The van der Waals surface area contributed by atoms with Crippen LogP contribution in [0.4, 0.5) is 0 Å². The molecule has 0 heterocycles. The summed E-state index contributed by atoms with van der Waals surface area (Å²) in [6.07, 6.45) is 8.29. The van der Waals surface area contributed by atoms with E-state index in [1.54, 1.807) is 6.08 Å². The zero-order valence-corrected chi connectivity index (χ0v) is 8.47. The first-order chi connectivity index (χ1) is 7.29. The second-order valence-corrected chi connectivity index (χ2v) is 3.15. The molecule has 0 aliphatic heterocycles. The van der Waals surface area contributed by atoms with Crippen molar-refractivity contribution in [1.82, 2.24) is 0 Å². The summed E-state index contributed by atoms with van der Waals surface area (Å²) in [6, 6.07) is 10.2. The Hall–Kier alpha value is -1.83. The minimum atomic E-state index is -0.914. The van der Waals surface area contributed by atoms with Crippen LogP contribution in [-0.2, 0) is 11.2 Å². The molecule has 0 bridgehead atoms. The topological polar surface area (TPSA) is 37.3 Å². The van der Waals surface area contributed by atoms with Crippen LogP contribution in [0.25, 0.3) is 0 Å². The highest BCUT2D eigenvalue weighted by molar-refractivity contribution is 5.80. The van der Waals surface area contributed by atoms with Crippen LogP contribution in [0.1, 0.15) is 12.0 Å². The number of allylic oxidation sites excluding steroid dienone is 3. The summed E-state index contributed by atoms with van der Waals surface area (Å²) in [5.41, 5.74) is 1.30. The van der Waals surface area contributed by atoms with Crippen LogP contribution in [0.5, 0.6) is 0 Å². The average molecular weight is 202 g/mol. The Balaban J connectivity index is 2.25. The van der Waals surface area contributed by atoms with Gasteiger partial charge in [-0.25, -0.2) is 4.79 Å². The zero-order valence-electron chi connectivity index (χ0n) is 8.47. The third kappa shape index (κ3) is 5.47. The summed E-state index contributed by atoms with van der Waals surface area (Å²) in [5.74, 6) is -0.914. The number of hydrogen-bond donors (Lipinski definition) is 1. The maximum absolute atomic E-state index is 10.1. The van der Waals surface area contributed by atoms with E-state index in [4.69, 9.17) is 5.11 Å². The van der Waals surface area contributed by atoms with E-state index in [1.807, 2.05) is 24.3 Å². The number of benzene rings is 1. The summed E-state index contributed by atoms with van der Waals surface area (Å²) in [6.45, 7) is 0. The SMILES string of the molecule is O=C(O)/C=C\C=C\CCc1ccccc1. The van der Waals surface area contributed by atoms with E-state index >= 15 is 0 Å². The third-order valence-corrected chi connectivity index (χ3v) is 1.93. The fourth-order valence-corrected chi connectivity index (χ4v) is 1.21. The normalized spacial score (nSPS) is 11.2. The van der Waals surface area contributed by atoms with Crippen molar-refractivity contribution in [3.8, 4) is 0 Å². The Labute approximate surface area is 89.6 Å². The molecular weight excluding hydrogens is 188 g/mol. The molecule has 1 rings (SSSR count). The molecule has 1 aromatic carbocycles. The first-order valence-corrected chi connectivity index (χ1v) is 4.89. The van der Waals surface area contributed by atoms with E-state index in [0.717, 1.165) is 18.9 Å². The number of carboxylic acid groups (broad SMARTS) is 1. The molecule has 1 N–H and O–H groups in total. The van der Waals surface area contributed by atoms with Gasteiger partial charge in [0, 0.05) is 6.08 Å². The second kappa shape index (κ2) is 6.60. The number of carboxylic acids is 1. The maximum atomic E-state index is 10.1. The highest BCUT2D eigenvalue weighted by Gasteiger charge is 1.87. The van der Waals surface area contributed by atoms with Crippen molar-refractivity contribution in [2.45, 2.75) is 12.8 Å². The number of hydrogen-bond acceptors (Lipinski definition) is 1. The van der Waals surface area contributed by atoms with Crippen LogP contribution in [0.3, 0.4) is 0 Å². The molecule has 0 unspecified atom stereocenters. The molecule has 0 radical (unpaired) electrons. The first kappa shape index (κ1) is 11.2. The molecule has 2 nitrogen and oxygen atoms in total. The van der Waals surface area contributed by atoms with Gasteiger partial charge in [-0.2, -0.15) is 0 Å². The van der Waals surface area contributed by atoms with E-state index < -0.39 is 5.97 Å². The lowest BCUT2D eigenvalue weighted by molar-refractivity contribution is -0.131. The van der Waals surface area contributed by atoms with Crippen molar-refractivity contribution >= 4 is 5.97 Å². The van der Waals surface area contributed by atoms with Gasteiger partial charge in [-0.1, -0.05) is 48.6 Å². The van der Waals surface area contributed by atoms with Gasteiger partial charge in [0.25, 0.3) is 0 Å². The van der Waals surface area contributed by atoms with Gasteiger partial charge in [-0.15, -0.1) is 0 Å². The predicted octanol–water partition coefficient (Wildman–Crippen LogP) is 2.82. The minimum Gasteiger partial charge on any atom is -0.478 e. The zero-order chi connectivity index (χ0) is 10.9. The number of carbonyl (C=O) groups is 1. The lowest BCUT2D eigenvalue weighted by atomic mass is 10.1. The summed E-state index contributed by atoms with van der Waals surface area (Å²) in [5, 5.41) is 8.33. The highest BCUT2D eigenvalue weighted by atomic mass is 16.4. The van der Waals surface area contributed by atoms with Gasteiger partial charge in [0.1, 0.15) is 0 Å². The standard InChI is InChI=1S/C13H14O2/c14-13(15)11-7-2-1-4-8-12-9-5-3-6-10-12/h1-3,5-7,9-11H,4,8H2,(H,14,15)/b2-1+,11-7-. The van der Waals surface area contributed by atoms with Crippen molar-refractivity contribution in [2.24, 2.45) is 0 Å². The smallest absolute Gasteiger partial charge is 0.328 e. The molecule has 1 aromatic rings. The van der Waals surface area contributed by atoms with E-state index in [1.165, 1.54) is 11.6 Å². The van der Waals surface area contributed by atoms with E-state index in [2.05, 4.69) is 12.1 Å². The monoisotopic (exact) mass is 202 g/mol. The summed E-state index contributed by atoms with van der Waals surface area (Å²) in [7, 11) is 0. The Morgan fingerprint density at radius 1 is 1.20 bits per heavy atom. The Kier molecular flexibility index (Phi) is 4.95. The molecule has 0 saturated heterocycles. The molecule has 2 heteroatoms. The van der Waals surface area contributed by atoms with Gasteiger partial charge in [-0.3, -0.25) is 0 Å². The molecule has 0 spiro atoms. The maximum Gasteiger partial charge on any atom is 0.328 e. The van der Waals surface area contributed by atoms with Gasteiger partial charge in [0.2, 0.25) is 0 Å². The molecule has 0 amide bonds. The minimum absolute atomic E-state index is 0.914. The fraction of sp³-hybridized carbons (Fsp3) is 0.154. The van der Waals surface area contributed by atoms with Crippen molar-refractivity contribution < 1.29 is 9.90 Å². The van der Waals surface area contributed by atoms with E-state index in [-0.39, 0.29) is 0 Å². The molecule has 0 aliphatic carbocycles. The molecule has 0 fully saturated rings. The van der Waals surface area contributed by atoms with Crippen LogP contribution in [0, 0.1) is 0 Å². The molecule has 15 heavy (non-hydrogen) atoms. The van der Waals surface area contributed by atoms with E-state index in [9.17, 15) is 4.79 Å². The Bertz CT molecular complexity index is 350. The van der Waals surface area contributed by atoms with Crippen LogP contribution < -0.4 is 0 Å². The van der Waals surface area contributed by atoms with Crippen LogP contribution >= 0.6 is 0 Å². The van der Waals surface area contributed by atoms with Crippen LogP contribution in [0.15, 0.2) is 54.6 Å². The van der Waals surface area contributed by atoms with Crippen molar-refractivity contribution in [2.75, 3.05) is 0 Å². The van der Waals surface area contributed by atoms with Gasteiger partial charge >= 0.3 is 5.97 Å². The summed E-state index contributed by atoms with van der Waals surface area (Å²) < 4.78 is 0. The van der Waals surface area contributed by atoms with Gasteiger partial charge < -0.3 is 5.11 Å². The largest absolute Gasteiger partial charge is 0.478 e. The first-order valence-electron chi connectivity index (χ1n) is 4.89. The molecule has 0 aromatic heterocycles. The number of rotatable bonds is 5. The Morgan fingerprint density at radius 2 is 1.93 bits per heavy atom. The third-order valence-electron chi connectivity index (χ3n) is 1.93. The van der Waals surface area contributed by atoms with Gasteiger partial charge in [0.05, 0.1) is 0 Å². The van der Waals surface area contributed by atoms with Crippen molar-refractivity contribution in [1.29, 1.82) is 0 Å². The van der Waals surface area contributed by atoms with Crippen molar-refractivity contribution in [3.63, 3.8) is 0 Å². The van der Waals surface area contributed by atoms with E-state index in [0.29, 0.717) is 0 Å². The number of aliphatic carboxylic acids is 1. The average Bonchev–Trinajstić information content (AvgIpc) is 2.24. The summed E-state index contributed by atoms with van der Waals surface area (Å²) in [4.78, 5) is 10.1. The second-order valence-electron chi connectivity index (χ2n) is 3.15. The molecule has 0 saturated carbocycles. The van der Waals surface area contributed by atoms with Gasteiger partial charge in [-0.05, 0) is 18.4 Å². The molecular formula is C13H14O2. The quantitative estimate of drug-likeness (QED) is 0.589. The molecule has 0 atom stereocenters.